The maximum Gasteiger partial charge on any atom is 0.306 e. The van der Waals surface area contributed by atoms with Gasteiger partial charge in [-0.25, -0.2) is 0 Å². The molecule has 0 heterocycles. The van der Waals surface area contributed by atoms with Gasteiger partial charge in [-0.2, -0.15) is 0 Å². The van der Waals surface area contributed by atoms with Gasteiger partial charge >= 0.3 is 17.9 Å². The van der Waals surface area contributed by atoms with Crippen molar-refractivity contribution >= 4 is 17.9 Å². The first kappa shape index (κ1) is 70.1. The molecule has 0 spiro atoms. The molecule has 0 rings (SSSR count). The summed E-state index contributed by atoms with van der Waals surface area (Å²) in [6, 6.07) is 0. The van der Waals surface area contributed by atoms with Gasteiger partial charge < -0.3 is 14.2 Å². The number of carbonyl (C=O) groups excluding carboxylic acids is 3. The summed E-state index contributed by atoms with van der Waals surface area (Å²) in [6.45, 7) is 6.48. The molecule has 0 amide bonds. The van der Waals surface area contributed by atoms with Crippen LogP contribution in [0.2, 0.25) is 0 Å². The lowest BCUT2D eigenvalue weighted by Crippen LogP contribution is -2.30. The van der Waals surface area contributed by atoms with Crippen LogP contribution in [0.4, 0.5) is 0 Å². The summed E-state index contributed by atoms with van der Waals surface area (Å²) in [5, 5.41) is 0. The fourth-order valence-electron chi connectivity index (χ4n) is 9.26. The van der Waals surface area contributed by atoms with Gasteiger partial charge in [0.05, 0.1) is 0 Å². The Morgan fingerprint density at radius 1 is 0.288 bits per heavy atom. The van der Waals surface area contributed by atoms with E-state index in [1.54, 1.807) is 0 Å². The Morgan fingerprint density at radius 3 is 0.904 bits per heavy atom. The van der Waals surface area contributed by atoms with Crippen molar-refractivity contribution in [2.45, 2.75) is 335 Å². The van der Waals surface area contributed by atoms with Crippen LogP contribution in [0.1, 0.15) is 329 Å². The zero-order chi connectivity index (χ0) is 52.9. The molecule has 0 aromatic rings. The first-order chi connectivity index (χ1) is 36.0. The van der Waals surface area contributed by atoms with E-state index >= 15 is 0 Å². The van der Waals surface area contributed by atoms with E-state index in [2.05, 4.69) is 81.5 Å². The largest absolute Gasteiger partial charge is 0.462 e. The van der Waals surface area contributed by atoms with Crippen LogP contribution in [0.5, 0.6) is 0 Å². The number of allylic oxidation sites excluding steroid dienone is 10. The number of rotatable bonds is 58. The van der Waals surface area contributed by atoms with Crippen molar-refractivity contribution in [2.24, 2.45) is 0 Å². The predicted molar refractivity (Wildman–Crippen MR) is 316 cm³/mol. The third kappa shape index (κ3) is 59.9. The van der Waals surface area contributed by atoms with Crippen molar-refractivity contribution in [3.8, 4) is 0 Å². The molecule has 0 aromatic heterocycles. The second-order valence-corrected chi connectivity index (χ2v) is 21.3. The Kier molecular flexibility index (Phi) is 59.2. The van der Waals surface area contributed by atoms with E-state index in [0.717, 1.165) is 109 Å². The topological polar surface area (TPSA) is 78.9 Å². The Bertz CT molecular complexity index is 1310. The molecule has 6 nitrogen and oxygen atoms in total. The lowest BCUT2D eigenvalue weighted by Gasteiger charge is -2.18. The smallest absolute Gasteiger partial charge is 0.306 e. The van der Waals surface area contributed by atoms with Gasteiger partial charge in [-0.3, -0.25) is 14.4 Å². The SMILES string of the molecule is CC/C=C\C/C=C\C/C=C\C/C=C\CCCCCCC(=O)OC(COC(=O)CCCCCCC/C=C\CCC)COC(=O)CCCCCCCCCCCCCCCCCCCCCCCCCCCCCC. The standard InChI is InChI=1S/C67H120O6/c1-4-7-10-13-16-19-22-24-26-28-29-30-31-32-33-34-35-36-37-38-40-41-43-45-48-51-54-57-60-66(69)72-63-64(62-71-65(68)59-56-53-50-47-21-18-15-12-9-6-3)73-67(70)61-58-55-52-49-46-44-42-39-27-25-23-20-17-14-11-8-5-2/h8,11-12,15,17,20,25,27,42,44,64H,4-7,9-10,13-14,16,18-19,21-24,26,28-41,43,45-63H2,1-3H3/b11-8-,15-12-,20-17-,27-25-,44-42-. The van der Waals surface area contributed by atoms with Crippen LogP contribution >= 0.6 is 0 Å². The number of unbranched alkanes of at least 4 members (excludes halogenated alkanes) is 37. The summed E-state index contributed by atoms with van der Waals surface area (Å²) in [5.74, 6) is -0.906. The van der Waals surface area contributed by atoms with E-state index < -0.39 is 6.10 Å². The number of ether oxygens (including phenoxy) is 3. The third-order valence-electron chi connectivity index (χ3n) is 14.0. The molecule has 424 valence electrons. The molecule has 0 aliphatic rings. The van der Waals surface area contributed by atoms with Crippen LogP contribution < -0.4 is 0 Å². The summed E-state index contributed by atoms with van der Waals surface area (Å²) < 4.78 is 16.8. The summed E-state index contributed by atoms with van der Waals surface area (Å²) in [7, 11) is 0. The monoisotopic (exact) mass is 1020 g/mol. The Morgan fingerprint density at radius 2 is 0.562 bits per heavy atom. The summed E-state index contributed by atoms with van der Waals surface area (Å²) in [4.78, 5) is 38.1. The normalized spacial score (nSPS) is 12.4. The number of esters is 3. The average Bonchev–Trinajstić information content (AvgIpc) is 3.39. The fourth-order valence-corrected chi connectivity index (χ4v) is 9.26. The van der Waals surface area contributed by atoms with E-state index in [1.165, 1.54) is 180 Å². The molecule has 0 bridgehead atoms. The van der Waals surface area contributed by atoms with Crippen LogP contribution in [0.25, 0.3) is 0 Å². The summed E-state index contributed by atoms with van der Waals surface area (Å²) in [6.07, 6.45) is 78.3. The van der Waals surface area contributed by atoms with Crippen molar-refractivity contribution in [3.05, 3.63) is 60.8 Å². The lowest BCUT2D eigenvalue weighted by atomic mass is 10.0. The minimum absolute atomic E-state index is 0.0844. The first-order valence-corrected chi connectivity index (χ1v) is 31.8. The van der Waals surface area contributed by atoms with Crippen molar-refractivity contribution in [1.29, 1.82) is 0 Å². The van der Waals surface area contributed by atoms with Crippen LogP contribution in [0.3, 0.4) is 0 Å². The third-order valence-corrected chi connectivity index (χ3v) is 14.0. The molecule has 0 saturated heterocycles. The highest BCUT2D eigenvalue weighted by Gasteiger charge is 2.19. The van der Waals surface area contributed by atoms with Crippen molar-refractivity contribution in [3.63, 3.8) is 0 Å². The number of hydrogen-bond donors (Lipinski definition) is 0. The highest BCUT2D eigenvalue weighted by molar-refractivity contribution is 5.71. The molecular weight excluding hydrogens is 901 g/mol. The van der Waals surface area contributed by atoms with E-state index in [4.69, 9.17) is 14.2 Å². The van der Waals surface area contributed by atoms with Crippen molar-refractivity contribution in [1.82, 2.24) is 0 Å². The molecule has 0 saturated carbocycles. The maximum atomic E-state index is 12.8. The predicted octanol–water partition coefficient (Wildman–Crippen LogP) is 21.6. The average molecular weight is 1020 g/mol. The van der Waals surface area contributed by atoms with Gasteiger partial charge in [0, 0.05) is 19.3 Å². The van der Waals surface area contributed by atoms with Gasteiger partial charge in [0.2, 0.25) is 0 Å². The second-order valence-electron chi connectivity index (χ2n) is 21.3. The molecule has 1 atom stereocenters. The van der Waals surface area contributed by atoms with Crippen LogP contribution in [0.15, 0.2) is 60.8 Å². The van der Waals surface area contributed by atoms with E-state index in [1.807, 2.05) is 0 Å². The molecule has 0 fully saturated rings. The van der Waals surface area contributed by atoms with Gasteiger partial charge in [0.1, 0.15) is 13.2 Å². The summed E-state index contributed by atoms with van der Waals surface area (Å²) >= 11 is 0. The van der Waals surface area contributed by atoms with Crippen LogP contribution in [-0.2, 0) is 28.6 Å². The Balaban J connectivity index is 4.16. The maximum absolute atomic E-state index is 12.8. The molecule has 0 radical (unpaired) electrons. The molecule has 0 aliphatic carbocycles. The fraction of sp³-hybridized carbons (Fsp3) is 0.806. The highest BCUT2D eigenvalue weighted by atomic mass is 16.6. The minimum atomic E-state index is -0.789. The van der Waals surface area contributed by atoms with E-state index in [0.29, 0.717) is 19.3 Å². The zero-order valence-corrected chi connectivity index (χ0v) is 48.7. The molecule has 73 heavy (non-hydrogen) atoms. The quantitative estimate of drug-likeness (QED) is 0.0261. The second kappa shape index (κ2) is 61.7. The Labute approximate surface area is 453 Å². The van der Waals surface area contributed by atoms with Gasteiger partial charge in [0.15, 0.2) is 6.10 Å². The van der Waals surface area contributed by atoms with Gasteiger partial charge in [-0.1, -0.05) is 293 Å². The molecular formula is C67H120O6. The minimum Gasteiger partial charge on any atom is -0.462 e. The van der Waals surface area contributed by atoms with E-state index in [9.17, 15) is 14.4 Å². The zero-order valence-electron chi connectivity index (χ0n) is 48.7. The molecule has 1 unspecified atom stereocenters. The molecule has 0 aromatic carbocycles. The molecule has 0 N–H and O–H groups in total. The Hall–Kier alpha value is -2.89. The summed E-state index contributed by atoms with van der Waals surface area (Å²) in [5.41, 5.74) is 0. The van der Waals surface area contributed by atoms with Gasteiger partial charge in [-0.15, -0.1) is 0 Å². The first-order valence-electron chi connectivity index (χ1n) is 31.8. The van der Waals surface area contributed by atoms with Crippen molar-refractivity contribution < 1.29 is 28.6 Å². The number of hydrogen-bond acceptors (Lipinski definition) is 6. The molecule has 6 heteroatoms. The van der Waals surface area contributed by atoms with E-state index in [-0.39, 0.29) is 31.1 Å². The van der Waals surface area contributed by atoms with Crippen LogP contribution in [-0.4, -0.2) is 37.2 Å². The van der Waals surface area contributed by atoms with Gasteiger partial charge in [0.25, 0.3) is 0 Å². The number of carbonyl (C=O) groups is 3. The lowest BCUT2D eigenvalue weighted by molar-refractivity contribution is -0.167. The molecule has 0 aliphatic heterocycles. The van der Waals surface area contributed by atoms with Crippen molar-refractivity contribution in [2.75, 3.05) is 13.2 Å². The van der Waals surface area contributed by atoms with Gasteiger partial charge in [-0.05, 0) is 77.0 Å². The highest BCUT2D eigenvalue weighted by Crippen LogP contribution is 2.18. The van der Waals surface area contributed by atoms with Crippen LogP contribution in [0, 0.1) is 0 Å².